The van der Waals surface area contributed by atoms with Crippen LogP contribution in [0.4, 0.5) is 4.39 Å². The van der Waals surface area contributed by atoms with Crippen molar-refractivity contribution >= 4 is 0 Å². The lowest BCUT2D eigenvalue weighted by Crippen LogP contribution is -2.25. The van der Waals surface area contributed by atoms with Gasteiger partial charge in [-0.05, 0) is 68.3 Å². The zero-order chi connectivity index (χ0) is 17.2. The lowest BCUT2D eigenvalue weighted by Gasteiger charge is -2.38. The number of allylic oxidation sites excluding steroid dienone is 4. The van der Waals surface area contributed by atoms with E-state index in [2.05, 4.69) is 6.92 Å². The molecule has 0 atom stereocenters. The molecule has 0 saturated heterocycles. The average molecular weight is 332 g/mol. The van der Waals surface area contributed by atoms with E-state index in [-0.39, 0.29) is 0 Å². The highest BCUT2D eigenvalue weighted by Gasteiger charge is 2.30. The smallest absolute Gasteiger partial charge is 0.195 e. The third-order valence-corrected chi connectivity index (χ3v) is 6.37. The lowest BCUT2D eigenvalue weighted by molar-refractivity contribution is 0.141. The number of halogens is 1. The molecule has 0 aliphatic heterocycles. The van der Waals surface area contributed by atoms with Gasteiger partial charge in [0.05, 0.1) is 0 Å². The molecule has 0 bridgehead atoms. The Labute approximate surface area is 148 Å². The lowest BCUT2D eigenvalue weighted by atomic mass is 9.68. The highest BCUT2D eigenvalue weighted by Crippen LogP contribution is 2.42. The van der Waals surface area contributed by atoms with Gasteiger partial charge in [-0.3, -0.25) is 0 Å². The summed E-state index contributed by atoms with van der Waals surface area (Å²) in [5, 5.41) is 8.34. The van der Waals surface area contributed by atoms with Gasteiger partial charge >= 0.3 is 0 Å². The van der Waals surface area contributed by atoms with Crippen LogP contribution in [0.5, 0.6) is 0 Å². The molecule has 0 N–H and O–H groups in total. The Kier molecular flexibility index (Phi) is 8.57. The molecule has 2 heteroatoms. The molecule has 2 fully saturated rings. The van der Waals surface area contributed by atoms with Gasteiger partial charge in [0.1, 0.15) is 6.07 Å². The maximum absolute atomic E-state index is 12.6. The molecule has 0 unspecified atom stereocenters. The molecular weight excluding hydrogens is 297 g/mol. The topological polar surface area (TPSA) is 23.8 Å². The highest BCUT2D eigenvalue weighted by molar-refractivity contribution is 5.18. The second-order valence-electron chi connectivity index (χ2n) is 7.98. The summed E-state index contributed by atoms with van der Waals surface area (Å²) in [6, 6.07) is 1.49. The van der Waals surface area contributed by atoms with Crippen molar-refractivity contribution in [2.75, 3.05) is 0 Å². The Bertz CT molecular complexity index is 443. The van der Waals surface area contributed by atoms with Gasteiger partial charge in [0.25, 0.3) is 0 Å². The zero-order valence-electron chi connectivity index (χ0n) is 15.4. The van der Waals surface area contributed by atoms with Gasteiger partial charge in [-0.1, -0.05) is 57.6 Å². The van der Waals surface area contributed by atoms with Gasteiger partial charge in [0, 0.05) is 0 Å². The van der Waals surface area contributed by atoms with E-state index in [1.165, 1.54) is 82.8 Å². The molecule has 2 saturated carbocycles. The van der Waals surface area contributed by atoms with Crippen LogP contribution in [0.25, 0.3) is 0 Å². The third kappa shape index (κ3) is 6.42. The van der Waals surface area contributed by atoms with Crippen molar-refractivity contribution in [1.29, 1.82) is 5.26 Å². The molecule has 2 aliphatic carbocycles. The fraction of sp³-hybridized carbons (Fsp3) is 0.773. The first-order valence-electron chi connectivity index (χ1n) is 10.1. The molecule has 134 valence electrons. The van der Waals surface area contributed by atoms with Crippen LogP contribution >= 0.6 is 0 Å². The van der Waals surface area contributed by atoms with Gasteiger partial charge in [-0.2, -0.15) is 9.65 Å². The van der Waals surface area contributed by atoms with Gasteiger partial charge in [-0.15, -0.1) is 0 Å². The third-order valence-electron chi connectivity index (χ3n) is 6.37. The first-order valence-corrected chi connectivity index (χ1v) is 10.1. The van der Waals surface area contributed by atoms with E-state index in [4.69, 9.17) is 5.26 Å². The minimum Gasteiger partial charge on any atom is -0.195 e. The largest absolute Gasteiger partial charge is 0.199 e. The SMILES string of the molecule is CCC[C@H]1CC[C@H]([C@H]2CC[C@H](CCC=CC=C(F)C#N)CC2)CC1. The monoisotopic (exact) mass is 331 g/mol. The van der Waals surface area contributed by atoms with Crippen molar-refractivity contribution in [3.8, 4) is 6.07 Å². The average Bonchev–Trinajstić information content (AvgIpc) is 2.63. The van der Waals surface area contributed by atoms with Crippen LogP contribution in [-0.2, 0) is 0 Å². The van der Waals surface area contributed by atoms with E-state index >= 15 is 0 Å². The number of nitriles is 1. The van der Waals surface area contributed by atoms with Crippen LogP contribution < -0.4 is 0 Å². The summed E-state index contributed by atoms with van der Waals surface area (Å²) < 4.78 is 12.6. The molecule has 0 aromatic carbocycles. The van der Waals surface area contributed by atoms with E-state index in [9.17, 15) is 4.39 Å². The van der Waals surface area contributed by atoms with E-state index in [1.54, 1.807) is 6.08 Å². The van der Waals surface area contributed by atoms with Crippen molar-refractivity contribution in [1.82, 2.24) is 0 Å². The number of hydrogen-bond donors (Lipinski definition) is 0. The van der Waals surface area contributed by atoms with Crippen LogP contribution in [0.15, 0.2) is 24.1 Å². The molecule has 0 aromatic heterocycles. The van der Waals surface area contributed by atoms with Crippen molar-refractivity contribution in [2.45, 2.75) is 84.0 Å². The molecule has 0 heterocycles. The Morgan fingerprint density at radius 2 is 1.50 bits per heavy atom. The Morgan fingerprint density at radius 1 is 0.958 bits per heavy atom. The van der Waals surface area contributed by atoms with Crippen molar-refractivity contribution < 1.29 is 4.39 Å². The zero-order valence-corrected chi connectivity index (χ0v) is 15.4. The van der Waals surface area contributed by atoms with Gasteiger partial charge in [0.15, 0.2) is 5.83 Å². The maximum atomic E-state index is 12.6. The molecule has 0 amide bonds. The molecular formula is C22H34FN. The number of hydrogen-bond acceptors (Lipinski definition) is 1. The first-order chi connectivity index (χ1) is 11.7. The predicted molar refractivity (Wildman–Crippen MR) is 99.0 cm³/mol. The van der Waals surface area contributed by atoms with Crippen LogP contribution in [0.1, 0.15) is 84.0 Å². The fourth-order valence-corrected chi connectivity index (χ4v) is 4.92. The minimum atomic E-state index is -0.708. The summed E-state index contributed by atoms with van der Waals surface area (Å²) in [5.41, 5.74) is 0. The second kappa shape index (κ2) is 10.7. The second-order valence-corrected chi connectivity index (χ2v) is 7.98. The van der Waals surface area contributed by atoms with Gasteiger partial charge in [0.2, 0.25) is 0 Å². The molecule has 24 heavy (non-hydrogen) atoms. The standard InChI is InChI=1S/C22H34FN/c1-2-6-18-9-13-20(14-10-18)21-15-11-19(12-16-21)7-4-3-5-8-22(23)17-24/h3,5,8,18-21H,2,4,6-7,9-16H2,1H3/t18-,19-,20-,21-. The van der Waals surface area contributed by atoms with E-state index in [0.717, 1.165) is 30.1 Å². The van der Waals surface area contributed by atoms with Crippen LogP contribution in [0, 0.1) is 35.0 Å². The summed E-state index contributed by atoms with van der Waals surface area (Å²) in [7, 11) is 0. The number of rotatable bonds is 7. The van der Waals surface area contributed by atoms with Crippen molar-refractivity contribution in [3.05, 3.63) is 24.1 Å². The van der Waals surface area contributed by atoms with Gasteiger partial charge in [-0.25, -0.2) is 0 Å². The van der Waals surface area contributed by atoms with Gasteiger partial charge < -0.3 is 0 Å². The van der Waals surface area contributed by atoms with Crippen LogP contribution in [0.2, 0.25) is 0 Å². The molecule has 0 radical (unpaired) electrons. The van der Waals surface area contributed by atoms with Crippen LogP contribution in [-0.4, -0.2) is 0 Å². The van der Waals surface area contributed by atoms with Crippen molar-refractivity contribution in [3.63, 3.8) is 0 Å². The quantitative estimate of drug-likeness (QED) is 0.360. The Morgan fingerprint density at radius 3 is 2.00 bits per heavy atom. The first kappa shape index (κ1) is 19.2. The Hall–Kier alpha value is -1.10. The Balaban J connectivity index is 1.61. The fourth-order valence-electron chi connectivity index (χ4n) is 4.92. The summed E-state index contributed by atoms with van der Waals surface area (Å²) in [6.07, 6.45) is 21.5. The molecule has 1 nitrogen and oxygen atoms in total. The van der Waals surface area contributed by atoms with E-state index in [1.807, 2.05) is 6.08 Å². The molecule has 2 rings (SSSR count). The van der Waals surface area contributed by atoms with E-state index < -0.39 is 5.83 Å². The predicted octanol–water partition coefficient (Wildman–Crippen LogP) is 7.11. The maximum Gasteiger partial charge on any atom is 0.199 e. The highest BCUT2D eigenvalue weighted by atomic mass is 19.1. The minimum absolute atomic E-state index is 0.708. The normalized spacial score (nSPS) is 32.0. The molecule has 2 aliphatic rings. The van der Waals surface area contributed by atoms with Crippen LogP contribution in [0.3, 0.4) is 0 Å². The summed E-state index contributed by atoms with van der Waals surface area (Å²) in [6.45, 7) is 2.32. The molecule has 0 spiro atoms. The molecule has 0 aromatic rings. The summed E-state index contributed by atoms with van der Waals surface area (Å²) in [4.78, 5) is 0. The van der Waals surface area contributed by atoms with E-state index in [0.29, 0.717) is 0 Å². The number of nitrogens with zero attached hydrogens (tertiary/aromatic N) is 1. The summed E-state index contributed by atoms with van der Waals surface area (Å²) in [5.74, 6) is 3.17. The summed E-state index contributed by atoms with van der Waals surface area (Å²) >= 11 is 0. The van der Waals surface area contributed by atoms with Crippen molar-refractivity contribution in [2.24, 2.45) is 23.7 Å².